The summed E-state index contributed by atoms with van der Waals surface area (Å²) in [5.74, 6) is -0.272. The normalized spacial score (nSPS) is 10.9. The predicted octanol–water partition coefficient (Wildman–Crippen LogP) is 4.04. The maximum atomic E-state index is 13.8. The zero-order valence-electron chi connectivity index (χ0n) is 11.3. The summed E-state index contributed by atoms with van der Waals surface area (Å²) in [7, 11) is 0. The van der Waals surface area contributed by atoms with E-state index in [4.69, 9.17) is 0 Å². The minimum atomic E-state index is -0.272. The van der Waals surface area contributed by atoms with E-state index in [1.165, 1.54) is 17.4 Å². The van der Waals surface area contributed by atoms with Gasteiger partial charge in [-0.3, -0.25) is 0 Å². The molecule has 0 saturated heterocycles. The SMILES string of the molecule is CCCNCCCc1nnc(-c2ccc(Br)cc2F)s1. The van der Waals surface area contributed by atoms with E-state index in [0.29, 0.717) is 10.6 Å². The lowest BCUT2D eigenvalue weighted by molar-refractivity contribution is 0.630. The number of hydrogen-bond donors (Lipinski definition) is 1. The molecule has 0 radical (unpaired) electrons. The van der Waals surface area contributed by atoms with Gasteiger partial charge in [0, 0.05) is 16.5 Å². The molecule has 1 aromatic carbocycles. The molecule has 0 fully saturated rings. The first-order valence-electron chi connectivity index (χ1n) is 6.69. The monoisotopic (exact) mass is 357 g/mol. The fourth-order valence-electron chi connectivity index (χ4n) is 1.79. The molecule has 0 aliphatic heterocycles. The fourth-order valence-corrected chi connectivity index (χ4v) is 3.03. The molecule has 0 bridgehead atoms. The van der Waals surface area contributed by atoms with Crippen LogP contribution in [0.5, 0.6) is 0 Å². The first kappa shape index (κ1) is 15.5. The molecule has 108 valence electrons. The third-order valence-electron chi connectivity index (χ3n) is 2.80. The Labute approximate surface area is 130 Å². The van der Waals surface area contributed by atoms with Gasteiger partial charge in [0.25, 0.3) is 0 Å². The van der Waals surface area contributed by atoms with Crippen LogP contribution in [0.15, 0.2) is 22.7 Å². The lowest BCUT2D eigenvalue weighted by atomic mass is 10.2. The molecule has 0 aliphatic carbocycles. The highest BCUT2D eigenvalue weighted by atomic mass is 79.9. The van der Waals surface area contributed by atoms with Gasteiger partial charge in [0.15, 0.2) is 5.01 Å². The fraction of sp³-hybridized carbons (Fsp3) is 0.429. The Hall–Kier alpha value is -0.850. The van der Waals surface area contributed by atoms with Gasteiger partial charge in [0.1, 0.15) is 10.8 Å². The highest BCUT2D eigenvalue weighted by Gasteiger charge is 2.11. The number of rotatable bonds is 7. The van der Waals surface area contributed by atoms with Crippen molar-refractivity contribution in [3.8, 4) is 10.6 Å². The molecule has 0 spiro atoms. The second-order valence-electron chi connectivity index (χ2n) is 4.48. The molecule has 0 amide bonds. The van der Waals surface area contributed by atoms with Crippen molar-refractivity contribution in [2.75, 3.05) is 13.1 Å². The second kappa shape index (κ2) is 7.81. The van der Waals surface area contributed by atoms with Crippen molar-refractivity contribution < 1.29 is 4.39 Å². The second-order valence-corrected chi connectivity index (χ2v) is 6.46. The smallest absolute Gasteiger partial charge is 0.150 e. The van der Waals surface area contributed by atoms with Crippen molar-refractivity contribution in [3.63, 3.8) is 0 Å². The molecular formula is C14H17BrFN3S. The summed E-state index contributed by atoms with van der Waals surface area (Å²) in [5.41, 5.74) is 0.515. The van der Waals surface area contributed by atoms with Crippen LogP contribution >= 0.6 is 27.3 Å². The molecule has 1 N–H and O–H groups in total. The highest BCUT2D eigenvalue weighted by molar-refractivity contribution is 9.10. The molecule has 0 saturated carbocycles. The van der Waals surface area contributed by atoms with Crippen molar-refractivity contribution in [1.82, 2.24) is 15.5 Å². The van der Waals surface area contributed by atoms with E-state index in [1.807, 2.05) is 6.07 Å². The number of halogens is 2. The molecule has 1 heterocycles. The van der Waals surface area contributed by atoms with E-state index >= 15 is 0 Å². The summed E-state index contributed by atoms with van der Waals surface area (Å²) in [5, 5.41) is 13.2. The number of aryl methyl sites for hydroxylation is 1. The summed E-state index contributed by atoms with van der Waals surface area (Å²) in [6, 6.07) is 4.99. The average Bonchev–Trinajstić information content (AvgIpc) is 2.87. The number of hydrogen-bond acceptors (Lipinski definition) is 4. The number of nitrogens with one attached hydrogen (secondary N) is 1. The largest absolute Gasteiger partial charge is 0.317 e. The predicted molar refractivity (Wildman–Crippen MR) is 84.5 cm³/mol. The van der Waals surface area contributed by atoms with Gasteiger partial charge >= 0.3 is 0 Å². The Bertz CT molecular complexity index is 559. The Kier molecular flexibility index (Phi) is 6.06. The molecule has 2 rings (SSSR count). The molecule has 1 aromatic heterocycles. The van der Waals surface area contributed by atoms with Crippen molar-refractivity contribution >= 4 is 27.3 Å². The third-order valence-corrected chi connectivity index (χ3v) is 4.31. The summed E-state index contributed by atoms with van der Waals surface area (Å²) < 4.78 is 14.6. The lowest BCUT2D eigenvalue weighted by Gasteiger charge is -2.00. The summed E-state index contributed by atoms with van der Waals surface area (Å²) in [6.07, 6.45) is 3.05. The van der Waals surface area contributed by atoms with Gasteiger partial charge < -0.3 is 5.32 Å². The Morgan fingerprint density at radius 2 is 2.15 bits per heavy atom. The van der Waals surface area contributed by atoms with Gasteiger partial charge in [-0.1, -0.05) is 34.2 Å². The Balaban J connectivity index is 1.95. The number of nitrogens with zero attached hydrogens (tertiary/aromatic N) is 2. The van der Waals surface area contributed by atoms with Crippen molar-refractivity contribution in [3.05, 3.63) is 33.5 Å². The van der Waals surface area contributed by atoms with Crippen molar-refractivity contribution in [1.29, 1.82) is 0 Å². The van der Waals surface area contributed by atoms with E-state index in [-0.39, 0.29) is 5.82 Å². The van der Waals surface area contributed by atoms with Crippen LogP contribution in [0.3, 0.4) is 0 Å². The van der Waals surface area contributed by atoms with Gasteiger partial charge in [-0.05, 0) is 44.1 Å². The minimum absolute atomic E-state index is 0.272. The van der Waals surface area contributed by atoms with Gasteiger partial charge in [-0.15, -0.1) is 10.2 Å². The molecular weight excluding hydrogens is 341 g/mol. The van der Waals surface area contributed by atoms with Crippen LogP contribution in [0.4, 0.5) is 4.39 Å². The molecule has 6 heteroatoms. The zero-order valence-corrected chi connectivity index (χ0v) is 13.7. The van der Waals surface area contributed by atoms with Crippen LogP contribution in [-0.4, -0.2) is 23.3 Å². The zero-order chi connectivity index (χ0) is 14.4. The van der Waals surface area contributed by atoms with Gasteiger partial charge in [0.2, 0.25) is 0 Å². The molecule has 20 heavy (non-hydrogen) atoms. The van der Waals surface area contributed by atoms with E-state index < -0.39 is 0 Å². The van der Waals surface area contributed by atoms with Crippen LogP contribution in [0.25, 0.3) is 10.6 Å². The highest BCUT2D eigenvalue weighted by Crippen LogP contribution is 2.28. The minimum Gasteiger partial charge on any atom is -0.317 e. The van der Waals surface area contributed by atoms with Crippen molar-refractivity contribution in [2.24, 2.45) is 0 Å². The number of aromatic nitrogens is 2. The summed E-state index contributed by atoms with van der Waals surface area (Å²) >= 11 is 4.71. The van der Waals surface area contributed by atoms with Gasteiger partial charge in [-0.25, -0.2) is 4.39 Å². The topological polar surface area (TPSA) is 37.8 Å². The molecule has 0 atom stereocenters. The summed E-state index contributed by atoms with van der Waals surface area (Å²) in [6.45, 7) is 4.18. The third kappa shape index (κ3) is 4.33. The van der Waals surface area contributed by atoms with E-state index in [1.54, 1.807) is 6.07 Å². The van der Waals surface area contributed by atoms with Crippen LogP contribution in [0.2, 0.25) is 0 Å². The van der Waals surface area contributed by atoms with Gasteiger partial charge in [0.05, 0.1) is 0 Å². The van der Waals surface area contributed by atoms with Crippen LogP contribution < -0.4 is 5.32 Å². The molecule has 3 nitrogen and oxygen atoms in total. The lowest BCUT2D eigenvalue weighted by Crippen LogP contribution is -2.16. The van der Waals surface area contributed by atoms with E-state index in [2.05, 4.69) is 38.4 Å². The first-order valence-corrected chi connectivity index (χ1v) is 8.30. The van der Waals surface area contributed by atoms with Crippen molar-refractivity contribution in [2.45, 2.75) is 26.2 Å². The Morgan fingerprint density at radius 3 is 2.90 bits per heavy atom. The number of benzene rings is 1. The maximum absolute atomic E-state index is 13.8. The Morgan fingerprint density at radius 1 is 1.30 bits per heavy atom. The average molecular weight is 358 g/mol. The quantitative estimate of drug-likeness (QED) is 0.759. The molecule has 0 unspecified atom stereocenters. The molecule has 2 aromatic rings. The van der Waals surface area contributed by atoms with Crippen LogP contribution in [0.1, 0.15) is 24.8 Å². The molecule has 0 aliphatic rings. The van der Waals surface area contributed by atoms with Crippen LogP contribution in [0, 0.1) is 5.82 Å². The summed E-state index contributed by atoms with van der Waals surface area (Å²) in [4.78, 5) is 0. The van der Waals surface area contributed by atoms with Gasteiger partial charge in [-0.2, -0.15) is 0 Å². The van der Waals surface area contributed by atoms with E-state index in [0.717, 1.165) is 41.8 Å². The standard InChI is InChI=1S/C14H17BrFN3S/c1-2-7-17-8-3-4-13-18-19-14(20-13)11-6-5-10(15)9-12(11)16/h5-6,9,17H,2-4,7-8H2,1H3. The first-order chi connectivity index (χ1) is 9.70. The maximum Gasteiger partial charge on any atom is 0.150 e. The van der Waals surface area contributed by atoms with Crippen LogP contribution in [-0.2, 0) is 6.42 Å². The van der Waals surface area contributed by atoms with E-state index in [9.17, 15) is 4.39 Å².